The maximum atomic E-state index is 14.6. The molecule has 0 bridgehead atoms. The minimum absolute atomic E-state index is 0.00956. The van der Waals surface area contributed by atoms with Crippen molar-refractivity contribution in [3.05, 3.63) is 114 Å². The molecule has 47 heavy (non-hydrogen) atoms. The zero-order valence-electron chi connectivity index (χ0n) is 27.3. The summed E-state index contributed by atoms with van der Waals surface area (Å²) in [5, 5.41) is 2.86. The van der Waals surface area contributed by atoms with E-state index in [0.717, 1.165) is 15.4 Å². The summed E-state index contributed by atoms with van der Waals surface area (Å²) in [5.41, 5.74) is 2.53. The number of benzene rings is 4. The number of amides is 2. The van der Waals surface area contributed by atoms with E-state index in [2.05, 4.69) is 5.32 Å². The molecule has 0 fully saturated rings. The molecule has 0 saturated heterocycles. The van der Waals surface area contributed by atoms with Crippen LogP contribution in [0.1, 0.15) is 23.6 Å². The Morgan fingerprint density at radius 3 is 2.09 bits per heavy atom. The van der Waals surface area contributed by atoms with Crippen LogP contribution in [0, 0.1) is 6.92 Å². The van der Waals surface area contributed by atoms with Crippen LogP contribution in [-0.2, 0) is 32.6 Å². The number of methoxy groups -OCH3 is 3. The molecule has 11 heteroatoms. The Bertz CT molecular complexity index is 1760. The lowest BCUT2D eigenvalue weighted by atomic mass is 10.0. The van der Waals surface area contributed by atoms with Crippen molar-refractivity contribution in [2.45, 2.75) is 37.8 Å². The SMILES string of the molecule is CCNC(=O)C(Cc1ccccc1)N(Cc1cccc(OC)c1)C(=O)CN(c1cc(OC)ccc1OC)S(=O)(=O)c1ccc(C)cc1. The van der Waals surface area contributed by atoms with Gasteiger partial charge in [-0.25, -0.2) is 8.42 Å². The summed E-state index contributed by atoms with van der Waals surface area (Å²) in [4.78, 5) is 29.8. The number of nitrogens with zero attached hydrogens (tertiary/aromatic N) is 2. The lowest BCUT2D eigenvalue weighted by molar-refractivity contribution is -0.140. The smallest absolute Gasteiger partial charge is 0.264 e. The first-order chi connectivity index (χ1) is 22.6. The fraction of sp³-hybridized carbons (Fsp3) is 0.278. The van der Waals surface area contributed by atoms with E-state index in [1.165, 1.54) is 37.3 Å². The number of carbonyl (C=O) groups excluding carboxylic acids is 2. The molecule has 0 radical (unpaired) electrons. The second-order valence-electron chi connectivity index (χ2n) is 10.8. The zero-order valence-corrected chi connectivity index (χ0v) is 28.1. The lowest BCUT2D eigenvalue weighted by Crippen LogP contribution is -2.53. The third-order valence-corrected chi connectivity index (χ3v) is 9.43. The van der Waals surface area contributed by atoms with Gasteiger partial charge < -0.3 is 24.4 Å². The van der Waals surface area contributed by atoms with Gasteiger partial charge in [0.25, 0.3) is 10.0 Å². The van der Waals surface area contributed by atoms with Gasteiger partial charge in [0.2, 0.25) is 11.8 Å². The van der Waals surface area contributed by atoms with Gasteiger partial charge in [-0.3, -0.25) is 13.9 Å². The van der Waals surface area contributed by atoms with Crippen LogP contribution in [0.15, 0.2) is 102 Å². The summed E-state index contributed by atoms with van der Waals surface area (Å²) >= 11 is 0. The van der Waals surface area contributed by atoms with E-state index in [-0.39, 0.29) is 35.2 Å². The summed E-state index contributed by atoms with van der Waals surface area (Å²) < 4.78 is 46.2. The molecule has 0 heterocycles. The van der Waals surface area contributed by atoms with E-state index in [1.807, 2.05) is 43.3 Å². The Hall–Kier alpha value is -5.03. The van der Waals surface area contributed by atoms with Crippen molar-refractivity contribution in [3.63, 3.8) is 0 Å². The van der Waals surface area contributed by atoms with Crippen molar-refractivity contribution >= 4 is 27.5 Å². The standard InChI is InChI=1S/C36H41N3O7S/c1-6-37-36(41)33(22-27-11-8-7-9-12-27)38(24-28-13-10-14-29(21-28)44-3)35(40)25-39(32-23-30(45-4)17-20-34(32)46-5)47(42,43)31-18-15-26(2)16-19-31/h7-21,23,33H,6,22,24-25H2,1-5H3,(H,37,41). The number of likely N-dealkylation sites (N-methyl/N-ethyl adjacent to an activating group) is 1. The van der Waals surface area contributed by atoms with Crippen LogP contribution in [0.4, 0.5) is 5.69 Å². The fourth-order valence-electron chi connectivity index (χ4n) is 5.16. The van der Waals surface area contributed by atoms with Gasteiger partial charge >= 0.3 is 0 Å². The molecule has 1 N–H and O–H groups in total. The molecule has 0 aliphatic heterocycles. The fourth-order valence-corrected chi connectivity index (χ4v) is 6.57. The van der Waals surface area contributed by atoms with Crippen LogP contribution >= 0.6 is 0 Å². The number of ether oxygens (including phenoxy) is 3. The molecule has 4 aromatic carbocycles. The van der Waals surface area contributed by atoms with Crippen molar-refractivity contribution in [3.8, 4) is 17.2 Å². The Labute approximate surface area is 276 Å². The van der Waals surface area contributed by atoms with Crippen LogP contribution in [-0.4, -0.2) is 65.6 Å². The second-order valence-corrected chi connectivity index (χ2v) is 12.7. The van der Waals surface area contributed by atoms with Crippen molar-refractivity contribution in [1.82, 2.24) is 10.2 Å². The highest BCUT2D eigenvalue weighted by atomic mass is 32.2. The van der Waals surface area contributed by atoms with Gasteiger partial charge in [-0.15, -0.1) is 0 Å². The Morgan fingerprint density at radius 2 is 1.45 bits per heavy atom. The minimum Gasteiger partial charge on any atom is -0.497 e. The molecule has 1 unspecified atom stereocenters. The van der Waals surface area contributed by atoms with Gasteiger partial charge in [0, 0.05) is 25.6 Å². The summed E-state index contributed by atoms with van der Waals surface area (Å²) in [6.07, 6.45) is 0.204. The Morgan fingerprint density at radius 1 is 0.787 bits per heavy atom. The van der Waals surface area contributed by atoms with Crippen LogP contribution in [0.5, 0.6) is 17.2 Å². The summed E-state index contributed by atoms with van der Waals surface area (Å²) in [7, 11) is 0.105. The monoisotopic (exact) mass is 659 g/mol. The summed E-state index contributed by atoms with van der Waals surface area (Å²) in [6, 6.07) is 26.7. The molecule has 10 nitrogen and oxygen atoms in total. The largest absolute Gasteiger partial charge is 0.497 e. The van der Waals surface area contributed by atoms with E-state index in [1.54, 1.807) is 56.5 Å². The number of carbonyl (C=O) groups is 2. The van der Waals surface area contributed by atoms with Gasteiger partial charge in [-0.2, -0.15) is 0 Å². The van der Waals surface area contributed by atoms with E-state index in [0.29, 0.717) is 23.6 Å². The van der Waals surface area contributed by atoms with E-state index in [4.69, 9.17) is 14.2 Å². The number of nitrogens with one attached hydrogen (secondary N) is 1. The zero-order chi connectivity index (χ0) is 34.0. The number of hydrogen-bond acceptors (Lipinski definition) is 7. The first-order valence-electron chi connectivity index (χ1n) is 15.2. The maximum absolute atomic E-state index is 14.6. The molecule has 4 rings (SSSR count). The maximum Gasteiger partial charge on any atom is 0.264 e. The first-order valence-corrected chi connectivity index (χ1v) is 16.6. The topological polar surface area (TPSA) is 114 Å². The molecule has 1 atom stereocenters. The quantitative estimate of drug-likeness (QED) is 0.191. The van der Waals surface area contributed by atoms with Crippen molar-refractivity contribution in [2.24, 2.45) is 0 Å². The number of anilines is 1. The summed E-state index contributed by atoms with van der Waals surface area (Å²) in [6.45, 7) is 3.39. The summed E-state index contributed by atoms with van der Waals surface area (Å²) in [5.74, 6) is 0.213. The Kier molecular flexibility index (Phi) is 11.9. The van der Waals surface area contributed by atoms with Crippen molar-refractivity contribution in [2.75, 3.05) is 38.7 Å². The van der Waals surface area contributed by atoms with Gasteiger partial charge in [0.15, 0.2) is 0 Å². The van der Waals surface area contributed by atoms with Crippen LogP contribution in [0.2, 0.25) is 0 Å². The second kappa shape index (κ2) is 16.0. The number of sulfonamides is 1. The lowest BCUT2D eigenvalue weighted by Gasteiger charge is -2.34. The third-order valence-electron chi connectivity index (χ3n) is 7.65. The predicted octanol–water partition coefficient (Wildman–Crippen LogP) is 4.99. The van der Waals surface area contributed by atoms with Crippen LogP contribution < -0.4 is 23.8 Å². The number of hydrogen-bond donors (Lipinski definition) is 1. The van der Waals surface area contributed by atoms with E-state index >= 15 is 0 Å². The molecule has 248 valence electrons. The van der Waals surface area contributed by atoms with E-state index < -0.39 is 28.5 Å². The highest BCUT2D eigenvalue weighted by Crippen LogP contribution is 2.36. The molecule has 0 saturated carbocycles. The third kappa shape index (κ3) is 8.62. The van der Waals surface area contributed by atoms with Crippen molar-refractivity contribution < 1.29 is 32.2 Å². The molecule has 0 aromatic heterocycles. The molecule has 4 aromatic rings. The molecular weight excluding hydrogens is 618 g/mol. The average Bonchev–Trinajstić information content (AvgIpc) is 3.09. The van der Waals surface area contributed by atoms with E-state index in [9.17, 15) is 18.0 Å². The normalized spacial score (nSPS) is 11.7. The van der Waals surface area contributed by atoms with Gasteiger partial charge in [-0.05, 0) is 61.4 Å². The van der Waals surface area contributed by atoms with Crippen LogP contribution in [0.3, 0.4) is 0 Å². The molecular formula is C36H41N3O7S. The molecule has 0 aliphatic carbocycles. The van der Waals surface area contributed by atoms with Gasteiger partial charge in [0.1, 0.15) is 29.8 Å². The highest BCUT2D eigenvalue weighted by molar-refractivity contribution is 7.92. The van der Waals surface area contributed by atoms with Crippen LogP contribution in [0.25, 0.3) is 0 Å². The first kappa shape index (κ1) is 34.8. The Balaban J connectivity index is 1.87. The van der Waals surface area contributed by atoms with Gasteiger partial charge in [0.05, 0.1) is 31.9 Å². The molecule has 0 aliphatic rings. The molecule has 0 spiro atoms. The number of aryl methyl sites for hydroxylation is 1. The highest BCUT2D eigenvalue weighted by Gasteiger charge is 2.35. The average molecular weight is 660 g/mol. The van der Waals surface area contributed by atoms with Gasteiger partial charge in [-0.1, -0.05) is 60.2 Å². The minimum atomic E-state index is -4.33. The molecule has 2 amide bonds. The predicted molar refractivity (Wildman–Crippen MR) is 181 cm³/mol. The number of rotatable bonds is 15. The van der Waals surface area contributed by atoms with Crippen molar-refractivity contribution in [1.29, 1.82) is 0 Å².